The Bertz CT molecular complexity index is 756. The summed E-state index contributed by atoms with van der Waals surface area (Å²) >= 11 is 1.51. The van der Waals surface area contributed by atoms with Gasteiger partial charge in [-0.05, 0) is 25.0 Å². The van der Waals surface area contributed by atoms with E-state index in [2.05, 4.69) is 46.6 Å². The van der Waals surface area contributed by atoms with Crippen molar-refractivity contribution in [3.63, 3.8) is 0 Å². The summed E-state index contributed by atoms with van der Waals surface area (Å²) < 4.78 is 7.61. The fraction of sp³-hybridized carbons (Fsp3) is 0.600. The summed E-state index contributed by atoms with van der Waals surface area (Å²) in [6, 6.07) is 8.46. The number of fused-ring (bicyclic) bond motifs is 1. The predicted octanol–water partition coefficient (Wildman–Crippen LogP) is 2.62. The topological polar surface area (TPSA) is 59.4 Å². The van der Waals surface area contributed by atoms with Gasteiger partial charge in [-0.3, -0.25) is 9.69 Å². The summed E-state index contributed by atoms with van der Waals surface area (Å²) in [5.41, 5.74) is 2.10. The Hall–Kier alpha value is -1.57. The highest BCUT2D eigenvalue weighted by Crippen LogP contribution is 2.23. The number of morpholine rings is 1. The van der Waals surface area contributed by atoms with Gasteiger partial charge in [0.05, 0.1) is 30.0 Å². The number of amides is 1. The van der Waals surface area contributed by atoms with Gasteiger partial charge in [-0.25, -0.2) is 4.98 Å². The lowest BCUT2D eigenvalue weighted by Crippen LogP contribution is -2.51. The highest BCUT2D eigenvalue weighted by Gasteiger charge is 2.24. The minimum Gasteiger partial charge on any atom is -0.379 e. The molecule has 7 heteroatoms. The molecule has 0 spiro atoms. The summed E-state index contributed by atoms with van der Waals surface area (Å²) in [6.07, 6.45) is 0. The van der Waals surface area contributed by atoms with Crippen LogP contribution in [0.4, 0.5) is 0 Å². The number of aromatic nitrogens is 2. The molecule has 2 heterocycles. The predicted molar refractivity (Wildman–Crippen MR) is 110 cm³/mol. The van der Waals surface area contributed by atoms with E-state index in [0.717, 1.165) is 49.0 Å². The largest absolute Gasteiger partial charge is 0.379 e. The molecule has 1 aliphatic rings. The fourth-order valence-corrected chi connectivity index (χ4v) is 4.47. The number of benzene rings is 1. The molecule has 1 atom stereocenters. The average Bonchev–Trinajstić information content (AvgIpc) is 3.04. The molecule has 148 valence electrons. The SMILES string of the molecule is CCn1c(SCC(=O)NCC(C(C)C)N2CCOCC2)nc2ccccc21. The van der Waals surface area contributed by atoms with Crippen LogP contribution in [0.5, 0.6) is 0 Å². The van der Waals surface area contributed by atoms with Gasteiger partial charge in [0.15, 0.2) is 5.16 Å². The van der Waals surface area contributed by atoms with Crippen LogP contribution in [-0.2, 0) is 16.1 Å². The zero-order chi connectivity index (χ0) is 19.2. The molecule has 1 aliphatic heterocycles. The van der Waals surface area contributed by atoms with Crippen molar-refractivity contribution in [1.29, 1.82) is 0 Å². The molecular weight excluding hydrogens is 360 g/mol. The van der Waals surface area contributed by atoms with Crippen LogP contribution in [0.1, 0.15) is 20.8 Å². The van der Waals surface area contributed by atoms with Crippen molar-refractivity contribution in [2.24, 2.45) is 5.92 Å². The smallest absolute Gasteiger partial charge is 0.230 e. The molecule has 1 saturated heterocycles. The summed E-state index contributed by atoms with van der Waals surface area (Å²) in [5, 5.41) is 4.03. The molecule has 1 aromatic heterocycles. The van der Waals surface area contributed by atoms with Gasteiger partial charge in [0.1, 0.15) is 0 Å². The van der Waals surface area contributed by atoms with Crippen molar-refractivity contribution >= 4 is 28.7 Å². The van der Waals surface area contributed by atoms with Crippen LogP contribution in [-0.4, -0.2) is 65.0 Å². The second-order valence-corrected chi connectivity index (χ2v) is 8.12. The number of hydrogen-bond donors (Lipinski definition) is 1. The Balaban J connectivity index is 1.55. The summed E-state index contributed by atoms with van der Waals surface area (Å²) in [4.78, 5) is 19.5. The van der Waals surface area contributed by atoms with Crippen molar-refractivity contribution in [2.75, 3.05) is 38.6 Å². The van der Waals surface area contributed by atoms with Gasteiger partial charge in [0.2, 0.25) is 5.91 Å². The standard InChI is InChI=1S/C20H30N4O2S/c1-4-24-17-8-6-5-7-16(17)22-20(24)27-14-19(25)21-13-18(15(2)3)23-9-11-26-12-10-23/h5-8,15,18H,4,9-14H2,1-3H3,(H,21,25). The minimum absolute atomic E-state index is 0.0635. The quantitative estimate of drug-likeness (QED) is 0.702. The number of carbonyl (C=O) groups is 1. The van der Waals surface area contributed by atoms with Crippen LogP contribution in [0.25, 0.3) is 11.0 Å². The molecule has 2 aromatic rings. The normalized spacial score (nSPS) is 16.7. The van der Waals surface area contributed by atoms with Crippen LogP contribution in [0.15, 0.2) is 29.4 Å². The fourth-order valence-electron chi connectivity index (χ4n) is 3.56. The van der Waals surface area contributed by atoms with Crippen molar-refractivity contribution < 1.29 is 9.53 Å². The van der Waals surface area contributed by atoms with Crippen LogP contribution in [0, 0.1) is 5.92 Å². The number of aryl methyl sites for hydroxylation is 1. The number of carbonyl (C=O) groups excluding carboxylic acids is 1. The first-order chi connectivity index (χ1) is 13.1. The molecule has 1 amide bonds. The van der Waals surface area contributed by atoms with E-state index in [1.807, 2.05) is 18.2 Å². The molecule has 0 bridgehead atoms. The molecule has 1 N–H and O–H groups in total. The van der Waals surface area contributed by atoms with Crippen molar-refractivity contribution in [2.45, 2.75) is 38.5 Å². The number of para-hydroxylation sites is 2. The van der Waals surface area contributed by atoms with Crippen molar-refractivity contribution in [1.82, 2.24) is 19.8 Å². The van der Waals surface area contributed by atoms with Crippen LogP contribution in [0.3, 0.4) is 0 Å². The summed E-state index contributed by atoms with van der Waals surface area (Å²) in [6.45, 7) is 11.5. The van der Waals surface area contributed by atoms with E-state index < -0.39 is 0 Å². The Labute approximate surface area is 165 Å². The van der Waals surface area contributed by atoms with Gasteiger partial charge in [-0.15, -0.1) is 0 Å². The van der Waals surface area contributed by atoms with Crippen LogP contribution < -0.4 is 5.32 Å². The lowest BCUT2D eigenvalue weighted by molar-refractivity contribution is -0.119. The molecular formula is C20H30N4O2S. The van der Waals surface area contributed by atoms with E-state index in [-0.39, 0.29) is 5.91 Å². The third-order valence-electron chi connectivity index (χ3n) is 5.06. The highest BCUT2D eigenvalue weighted by atomic mass is 32.2. The van der Waals surface area contributed by atoms with E-state index in [1.54, 1.807) is 0 Å². The second-order valence-electron chi connectivity index (χ2n) is 7.18. The Morgan fingerprint density at radius 3 is 2.74 bits per heavy atom. The maximum absolute atomic E-state index is 12.4. The molecule has 0 saturated carbocycles. The third-order valence-corrected chi connectivity index (χ3v) is 6.04. The van der Waals surface area contributed by atoms with Crippen LogP contribution in [0.2, 0.25) is 0 Å². The maximum Gasteiger partial charge on any atom is 0.230 e. The molecule has 1 fully saturated rings. The Kier molecular flexibility index (Phi) is 7.15. The third kappa shape index (κ3) is 5.03. The van der Waals surface area contributed by atoms with E-state index in [0.29, 0.717) is 24.3 Å². The van der Waals surface area contributed by atoms with Gasteiger partial charge in [0, 0.05) is 32.2 Å². The number of imidazole rings is 1. The van der Waals surface area contributed by atoms with Crippen LogP contribution >= 0.6 is 11.8 Å². The van der Waals surface area contributed by atoms with Gasteiger partial charge in [0.25, 0.3) is 0 Å². The zero-order valence-electron chi connectivity index (χ0n) is 16.5. The maximum atomic E-state index is 12.4. The number of ether oxygens (including phenoxy) is 1. The van der Waals surface area contributed by atoms with Crippen molar-refractivity contribution in [3.05, 3.63) is 24.3 Å². The number of nitrogens with one attached hydrogen (secondary N) is 1. The lowest BCUT2D eigenvalue weighted by atomic mass is 10.0. The highest BCUT2D eigenvalue weighted by molar-refractivity contribution is 7.99. The number of rotatable bonds is 8. The Morgan fingerprint density at radius 1 is 1.30 bits per heavy atom. The molecule has 0 radical (unpaired) electrons. The first kappa shape index (κ1) is 20.2. The number of thioether (sulfide) groups is 1. The average molecular weight is 391 g/mol. The first-order valence-corrected chi connectivity index (χ1v) is 10.7. The zero-order valence-corrected chi connectivity index (χ0v) is 17.3. The first-order valence-electron chi connectivity index (χ1n) is 9.76. The monoisotopic (exact) mass is 390 g/mol. The van der Waals surface area contributed by atoms with Gasteiger partial charge >= 0.3 is 0 Å². The van der Waals surface area contributed by atoms with Crippen molar-refractivity contribution in [3.8, 4) is 0 Å². The molecule has 27 heavy (non-hydrogen) atoms. The van der Waals surface area contributed by atoms with E-state index in [4.69, 9.17) is 4.74 Å². The molecule has 1 aromatic carbocycles. The second kappa shape index (κ2) is 9.57. The lowest BCUT2D eigenvalue weighted by Gasteiger charge is -2.36. The summed E-state index contributed by atoms with van der Waals surface area (Å²) in [7, 11) is 0. The van der Waals surface area contributed by atoms with E-state index in [9.17, 15) is 4.79 Å². The number of nitrogens with zero attached hydrogens (tertiary/aromatic N) is 3. The van der Waals surface area contributed by atoms with Gasteiger partial charge in [-0.1, -0.05) is 37.7 Å². The number of hydrogen-bond acceptors (Lipinski definition) is 5. The van der Waals surface area contributed by atoms with E-state index in [1.165, 1.54) is 11.8 Å². The molecule has 0 aliphatic carbocycles. The van der Waals surface area contributed by atoms with E-state index >= 15 is 0 Å². The summed E-state index contributed by atoms with van der Waals surface area (Å²) in [5.74, 6) is 0.936. The molecule has 3 rings (SSSR count). The molecule has 1 unspecified atom stereocenters. The van der Waals surface area contributed by atoms with Gasteiger partial charge in [-0.2, -0.15) is 0 Å². The van der Waals surface area contributed by atoms with Gasteiger partial charge < -0.3 is 14.6 Å². The Morgan fingerprint density at radius 2 is 2.04 bits per heavy atom. The minimum atomic E-state index is 0.0635. The molecule has 6 nitrogen and oxygen atoms in total.